The second-order valence-electron chi connectivity index (χ2n) is 6.10. The molecule has 0 bridgehead atoms. The number of nitrogens with zero attached hydrogens (tertiary/aromatic N) is 1. The van der Waals surface area contributed by atoms with E-state index in [1.54, 1.807) is 0 Å². The molecule has 0 aliphatic carbocycles. The van der Waals surface area contributed by atoms with E-state index >= 15 is 0 Å². The maximum atomic E-state index is 12.3. The minimum atomic E-state index is -0.258. The lowest BCUT2D eigenvalue weighted by molar-refractivity contribution is -0.126. The summed E-state index contributed by atoms with van der Waals surface area (Å²) in [6.45, 7) is 5.95. The summed E-state index contributed by atoms with van der Waals surface area (Å²) in [4.78, 5) is 14.5. The van der Waals surface area contributed by atoms with E-state index in [4.69, 9.17) is 11.6 Å². The van der Waals surface area contributed by atoms with Gasteiger partial charge in [0, 0.05) is 11.6 Å². The largest absolute Gasteiger partial charge is 0.393 e. The molecule has 1 aromatic rings. The fourth-order valence-corrected chi connectivity index (χ4v) is 3.13. The summed E-state index contributed by atoms with van der Waals surface area (Å²) in [5, 5.41) is 13.3. The number of hydrogen-bond acceptors (Lipinski definition) is 3. The van der Waals surface area contributed by atoms with Crippen LogP contribution >= 0.6 is 11.6 Å². The molecule has 1 aliphatic rings. The Balaban J connectivity index is 1.81. The normalized spacial score (nSPS) is 19.6. The van der Waals surface area contributed by atoms with E-state index in [0.717, 1.165) is 31.5 Å². The van der Waals surface area contributed by atoms with Gasteiger partial charge in [0.2, 0.25) is 5.91 Å². The molecule has 22 heavy (non-hydrogen) atoms. The molecule has 1 amide bonds. The second-order valence-corrected chi connectivity index (χ2v) is 6.51. The van der Waals surface area contributed by atoms with E-state index in [1.165, 1.54) is 0 Å². The molecule has 0 spiro atoms. The highest BCUT2D eigenvalue weighted by Crippen LogP contribution is 2.22. The van der Waals surface area contributed by atoms with Gasteiger partial charge in [0.15, 0.2) is 0 Å². The van der Waals surface area contributed by atoms with Crippen LogP contribution in [0.15, 0.2) is 24.3 Å². The summed E-state index contributed by atoms with van der Waals surface area (Å²) in [5.74, 6) is 0.380. The van der Waals surface area contributed by atoms with Crippen molar-refractivity contribution in [1.29, 1.82) is 0 Å². The first kappa shape index (κ1) is 17.3. The molecular weight excluding hydrogens is 300 g/mol. The van der Waals surface area contributed by atoms with Gasteiger partial charge in [-0.05, 0) is 57.3 Å². The third kappa shape index (κ3) is 4.45. The molecule has 122 valence electrons. The van der Waals surface area contributed by atoms with Gasteiger partial charge in [-0.2, -0.15) is 0 Å². The first-order valence-electron chi connectivity index (χ1n) is 7.92. The Kier molecular flexibility index (Phi) is 6.24. The highest BCUT2D eigenvalue weighted by atomic mass is 35.5. The van der Waals surface area contributed by atoms with E-state index in [9.17, 15) is 9.90 Å². The molecule has 1 aliphatic heterocycles. The molecule has 4 nitrogen and oxygen atoms in total. The topological polar surface area (TPSA) is 52.6 Å². The average Bonchev–Trinajstić information content (AvgIpc) is 2.53. The van der Waals surface area contributed by atoms with E-state index in [1.807, 2.05) is 38.1 Å². The zero-order valence-electron chi connectivity index (χ0n) is 13.3. The molecule has 0 aromatic heterocycles. The lowest BCUT2D eigenvalue weighted by Crippen LogP contribution is -2.49. The van der Waals surface area contributed by atoms with Crippen LogP contribution in [-0.2, 0) is 11.3 Å². The SMILES string of the molecule is CC(O)C1CCN(C(C)C(=O)NCc2ccccc2Cl)CC1. The van der Waals surface area contributed by atoms with Crippen molar-refractivity contribution in [3.63, 3.8) is 0 Å². The molecule has 1 aromatic carbocycles. The Bertz CT molecular complexity index is 499. The lowest BCUT2D eigenvalue weighted by Gasteiger charge is -2.36. The first-order chi connectivity index (χ1) is 10.5. The number of rotatable bonds is 5. The lowest BCUT2D eigenvalue weighted by atomic mass is 9.91. The molecular formula is C17H25ClN2O2. The molecule has 2 unspecified atom stereocenters. The molecule has 1 saturated heterocycles. The maximum absolute atomic E-state index is 12.3. The van der Waals surface area contributed by atoms with Gasteiger partial charge in [0.1, 0.15) is 0 Å². The van der Waals surface area contributed by atoms with Gasteiger partial charge in [-0.1, -0.05) is 29.8 Å². The van der Waals surface area contributed by atoms with Gasteiger partial charge >= 0.3 is 0 Å². The number of aliphatic hydroxyl groups is 1. The Morgan fingerprint density at radius 2 is 2.00 bits per heavy atom. The van der Waals surface area contributed by atoms with Gasteiger partial charge in [-0.3, -0.25) is 9.69 Å². The van der Waals surface area contributed by atoms with Crippen molar-refractivity contribution in [2.75, 3.05) is 13.1 Å². The van der Waals surface area contributed by atoms with Crippen molar-refractivity contribution in [3.8, 4) is 0 Å². The summed E-state index contributed by atoms with van der Waals surface area (Å²) in [5.41, 5.74) is 0.928. The molecule has 2 N–H and O–H groups in total. The van der Waals surface area contributed by atoms with Gasteiger partial charge in [-0.25, -0.2) is 0 Å². The van der Waals surface area contributed by atoms with Crippen LogP contribution in [0.1, 0.15) is 32.3 Å². The quantitative estimate of drug-likeness (QED) is 0.874. The van der Waals surface area contributed by atoms with Gasteiger partial charge in [-0.15, -0.1) is 0 Å². The molecule has 2 atom stereocenters. The Labute approximate surface area is 137 Å². The number of hydrogen-bond donors (Lipinski definition) is 2. The Morgan fingerprint density at radius 1 is 1.36 bits per heavy atom. The summed E-state index contributed by atoms with van der Waals surface area (Å²) >= 11 is 6.10. The van der Waals surface area contributed by atoms with E-state index in [0.29, 0.717) is 17.5 Å². The van der Waals surface area contributed by atoms with Crippen LogP contribution in [0.2, 0.25) is 5.02 Å². The number of likely N-dealkylation sites (tertiary alicyclic amines) is 1. The first-order valence-corrected chi connectivity index (χ1v) is 8.30. The zero-order valence-corrected chi connectivity index (χ0v) is 14.0. The summed E-state index contributed by atoms with van der Waals surface area (Å²) in [7, 11) is 0. The van der Waals surface area contributed by atoms with Crippen molar-refractivity contribution in [2.24, 2.45) is 5.92 Å². The standard InChI is InChI=1S/C17H25ClN2O2/c1-12(20-9-7-14(8-10-20)13(2)21)17(22)19-11-15-5-3-4-6-16(15)18/h3-6,12-14,21H,7-11H2,1-2H3,(H,19,22). The monoisotopic (exact) mass is 324 g/mol. The number of halogens is 1. The van der Waals surface area contributed by atoms with Crippen LogP contribution in [-0.4, -0.2) is 41.1 Å². The van der Waals surface area contributed by atoms with Crippen LogP contribution in [0.4, 0.5) is 0 Å². The van der Waals surface area contributed by atoms with Crippen molar-refractivity contribution < 1.29 is 9.90 Å². The molecule has 1 fully saturated rings. The minimum Gasteiger partial charge on any atom is -0.393 e. The number of aliphatic hydroxyl groups excluding tert-OH is 1. The predicted octanol–water partition coefficient (Wildman–Crippen LogP) is 2.44. The number of carbonyl (C=O) groups excluding carboxylic acids is 1. The summed E-state index contributed by atoms with van der Waals surface area (Å²) in [6, 6.07) is 7.38. The molecule has 5 heteroatoms. The van der Waals surface area contributed by atoms with E-state index < -0.39 is 0 Å². The molecule has 2 rings (SSSR count). The van der Waals surface area contributed by atoms with Gasteiger partial charge in [0.25, 0.3) is 0 Å². The van der Waals surface area contributed by atoms with E-state index in [2.05, 4.69) is 10.2 Å². The molecule has 0 saturated carbocycles. The number of carbonyl (C=O) groups is 1. The van der Waals surface area contributed by atoms with Crippen LogP contribution in [0.25, 0.3) is 0 Å². The Morgan fingerprint density at radius 3 is 2.59 bits per heavy atom. The van der Waals surface area contributed by atoms with Crippen molar-refractivity contribution >= 4 is 17.5 Å². The zero-order chi connectivity index (χ0) is 16.1. The van der Waals surface area contributed by atoms with Crippen molar-refractivity contribution in [3.05, 3.63) is 34.9 Å². The highest BCUT2D eigenvalue weighted by molar-refractivity contribution is 6.31. The summed E-state index contributed by atoms with van der Waals surface area (Å²) < 4.78 is 0. The molecule has 1 heterocycles. The van der Waals surface area contributed by atoms with Gasteiger partial charge in [0.05, 0.1) is 12.1 Å². The fraction of sp³-hybridized carbons (Fsp3) is 0.588. The average molecular weight is 325 g/mol. The van der Waals surface area contributed by atoms with Crippen LogP contribution in [0, 0.1) is 5.92 Å². The minimum absolute atomic E-state index is 0.0235. The molecule has 0 radical (unpaired) electrons. The number of amides is 1. The van der Waals surface area contributed by atoms with Crippen LogP contribution in [0.5, 0.6) is 0 Å². The third-order valence-electron chi connectivity index (χ3n) is 4.59. The number of nitrogens with one attached hydrogen (secondary N) is 1. The van der Waals surface area contributed by atoms with Crippen molar-refractivity contribution in [1.82, 2.24) is 10.2 Å². The van der Waals surface area contributed by atoms with Gasteiger partial charge < -0.3 is 10.4 Å². The van der Waals surface area contributed by atoms with Crippen LogP contribution in [0.3, 0.4) is 0 Å². The fourth-order valence-electron chi connectivity index (χ4n) is 2.93. The predicted molar refractivity (Wildman–Crippen MR) is 88.7 cm³/mol. The second kappa shape index (κ2) is 7.95. The number of benzene rings is 1. The highest BCUT2D eigenvalue weighted by Gasteiger charge is 2.28. The maximum Gasteiger partial charge on any atom is 0.237 e. The van der Waals surface area contributed by atoms with Crippen LogP contribution < -0.4 is 5.32 Å². The smallest absolute Gasteiger partial charge is 0.237 e. The van der Waals surface area contributed by atoms with Crippen molar-refractivity contribution in [2.45, 2.75) is 45.4 Å². The summed E-state index contributed by atoms with van der Waals surface area (Å²) in [6.07, 6.45) is 1.63. The third-order valence-corrected chi connectivity index (χ3v) is 4.96. The number of piperidine rings is 1. The van der Waals surface area contributed by atoms with E-state index in [-0.39, 0.29) is 18.1 Å². The Hall–Kier alpha value is -1.10.